The zero-order valence-corrected chi connectivity index (χ0v) is 19.3. The summed E-state index contributed by atoms with van der Waals surface area (Å²) in [6, 6.07) is 15.1. The van der Waals surface area contributed by atoms with Crippen LogP contribution in [-0.2, 0) is 22.6 Å². The molecule has 0 saturated carbocycles. The smallest absolute Gasteiger partial charge is 0.299 e. The number of hydrogen-bond acceptors (Lipinski definition) is 3. The second-order valence-corrected chi connectivity index (χ2v) is 7.65. The first-order chi connectivity index (χ1) is 15.4. The van der Waals surface area contributed by atoms with Crippen molar-refractivity contribution in [3.8, 4) is 0 Å². The molecule has 32 heavy (non-hydrogen) atoms. The van der Waals surface area contributed by atoms with Crippen LogP contribution in [0.15, 0.2) is 54.7 Å². The summed E-state index contributed by atoms with van der Waals surface area (Å²) in [7, 11) is 0. The maximum Gasteiger partial charge on any atom is 0.299 e. The van der Waals surface area contributed by atoms with Crippen molar-refractivity contribution in [2.24, 2.45) is 0 Å². The third-order valence-electron chi connectivity index (χ3n) is 5.87. The lowest BCUT2D eigenvalue weighted by Crippen LogP contribution is -2.36. The van der Waals surface area contributed by atoms with Crippen molar-refractivity contribution < 1.29 is 14.4 Å². The van der Waals surface area contributed by atoms with Crippen molar-refractivity contribution in [3.05, 3.63) is 65.9 Å². The molecular formula is C26H31N3O3. The number of aromatic nitrogens is 1. The van der Waals surface area contributed by atoms with Crippen LogP contribution in [0.2, 0.25) is 0 Å². The summed E-state index contributed by atoms with van der Waals surface area (Å²) in [5, 5.41) is 0.676. The number of ketones is 1. The number of nitrogens with zero attached hydrogens (tertiary/aromatic N) is 3. The minimum Gasteiger partial charge on any atom is -0.342 e. The maximum absolute atomic E-state index is 13.3. The second-order valence-electron chi connectivity index (χ2n) is 7.65. The van der Waals surface area contributed by atoms with Crippen LogP contribution in [0.25, 0.3) is 10.9 Å². The molecule has 2 amide bonds. The van der Waals surface area contributed by atoms with Crippen LogP contribution < -0.4 is 4.90 Å². The molecule has 0 N–H and O–H groups in total. The third-order valence-corrected chi connectivity index (χ3v) is 5.87. The average molecular weight is 434 g/mol. The maximum atomic E-state index is 13.3. The Morgan fingerprint density at radius 1 is 0.844 bits per heavy atom. The summed E-state index contributed by atoms with van der Waals surface area (Å²) in [5.41, 5.74) is 2.95. The van der Waals surface area contributed by atoms with Gasteiger partial charge in [-0.25, -0.2) is 0 Å². The number of aryl methyl sites for hydroxylation is 1. The van der Waals surface area contributed by atoms with E-state index in [1.54, 1.807) is 15.7 Å². The van der Waals surface area contributed by atoms with Gasteiger partial charge in [0, 0.05) is 42.4 Å². The number of hydrogen-bond donors (Lipinski definition) is 0. The van der Waals surface area contributed by atoms with Crippen LogP contribution in [0.3, 0.4) is 0 Å². The van der Waals surface area contributed by atoms with Gasteiger partial charge in [-0.2, -0.15) is 0 Å². The molecule has 0 spiro atoms. The summed E-state index contributed by atoms with van der Waals surface area (Å²) in [6.07, 6.45) is 2.55. The normalized spacial score (nSPS) is 10.9. The molecule has 6 heteroatoms. The Morgan fingerprint density at radius 2 is 1.50 bits per heavy atom. The van der Waals surface area contributed by atoms with Crippen molar-refractivity contribution in [2.45, 2.75) is 40.7 Å². The molecule has 0 atom stereocenters. The number of anilines is 1. The molecule has 0 aliphatic rings. The molecule has 0 fully saturated rings. The van der Waals surface area contributed by atoms with E-state index in [-0.39, 0.29) is 12.5 Å². The third kappa shape index (κ3) is 4.59. The van der Waals surface area contributed by atoms with E-state index in [4.69, 9.17) is 0 Å². The molecule has 0 unspecified atom stereocenters. The SMILES string of the molecule is CCc1ccc(N(CC)C(=O)C(=O)c2cn(CC(=O)N(CC)CC)c3ccccc23)cc1. The lowest BCUT2D eigenvalue weighted by atomic mass is 10.1. The Labute approximate surface area is 189 Å². The predicted octanol–water partition coefficient (Wildman–Crippen LogP) is 4.31. The Morgan fingerprint density at radius 3 is 2.09 bits per heavy atom. The van der Waals surface area contributed by atoms with Crippen molar-refractivity contribution >= 4 is 34.2 Å². The second kappa shape index (κ2) is 10.3. The van der Waals surface area contributed by atoms with Gasteiger partial charge in [-0.05, 0) is 51.0 Å². The summed E-state index contributed by atoms with van der Waals surface area (Å²) >= 11 is 0. The molecule has 0 saturated heterocycles. The predicted molar refractivity (Wildman–Crippen MR) is 128 cm³/mol. The van der Waals surface area contributed by atoms with Crippen LogP contribution in [0, 0.1) is 0 Å². The molecule has 0 bridgehead atoms. The molecule has 3 aromatic rings. The van der Waals surface area contributed by atoms with E-state index in [9.17, 15) is 14.4 Å². The van der Waals surface area contributed by atoms with Crippen LogP contribution in [-0.4, -0.2) is 46.7 Å². The van der Waals surface area contributed by atoms with Gasteiger partial charge < -0.3 is 14.4 Å². The number of amides is 2. The highest BCUT2D eigenvalue weighted by Gasteiger charge is 2.27. The molecule has 168 valence electrons. The quantitative estimate of drug-likeness (QED) is 0.373. The van der Waals surface area contributed by atoms with Crippen LogP contribution in [0.5, 0.6) is 0 Å². The van der Waals surface area contributed by atoms with E-state index in [2.05, 4.69) is 6.92 Å². The number of carbonyl (C=O) groups is 3. The van der Waals surface area contributed by atoms with E-state index >= 15 is 0 Å². The summed E-state index contributed by atoms with van der Waals surface area (Å²) in [4.78, 5) is 42.4. The van der Waals surface area contributed by atoms with E-state index in [0.29, 0.717) is 36.3 Å². The fourth-order valence-corrected chi connectivity index (χ4v) is 3.97. The minimum atomic E-state index is -0.574. The molecule has 2 aromatic carbocycles. The first-order valence-electron chi connectivity index (χ1n) is 11.3. The number of Topliss-reactive ketones (excluding diaryl/α,β-unsaturated/α-hetero) is 1. The van der Waals surface area contributed by atoms with Crippen molar-refractivity contribution in [1.82, 2.24) is 9.47 Å². The zero-order chi connectivity index (χ0) is 23.3. The van der Waals surface area contributed by atoms with Crippen molar-refractivity contribution in [1.29, 1.82) is 0 Å². The van der Waals surface area contributed by atoms with Crippen LogP contribution >= 0.6 is 0 Å². The van der Waals surface area contributed by atoms with Gasteiger partial charge in [0.15, 0.2) is 0 Å². The highest BCUT2D eigenvalue weighted by atomic mass is 16.2. The Bertz CT molecular complexity index is 1110. The fraction of sp³-hybridized carbons (Fsp3) is 0.346. The lowest BCUT2D eigenvalue weighted by molar-refractivity contribution is -0.131. The van der Waals surface area contributed by atoms with E-state index < -0.39 is 11.7 Å². The Balaban J connectivity index is 1.94. The molecule has 0 aliphatic carbocycles. The first-order valence-corrected chi connectivity index (χ1v) is 11.3. The number of likely N-dealkylation sites (N-methyl/N-ethyl adjacent to an activating group) is 2. The highest BCUT2D eigenvalue weighted by molar-refractivity contribution is 6.48. The van der Waals surface area contributed by atoms with Gasteiger partial charge in [0.2, 0.25) is 5.91 Å². The molecule has 0 radical (unpaired) electrons. The summed E-state index contributed by atoms with van der Waals surface area (Å²) in [6.45, 7) is 9.56. The molecule has 3 rings (SSSR count). The highest BCUT2D eigenvalue weighted by Crippen LogP contribution is 2.24. The van der Waals surface area contributed by atoms with E-state index in [1.165, 1.54) is 10.5 Å². The standard InChI is InChI=1S/C26H31N3O3/c1-5-19-13-15-20(16-14-19)29(8-4)26(32)25(31)22-17-28(18-24(30)27(6-2)7-3)23-12-10-9-11-21(22)23/h9-17H,5-8,18H2,1-4H3. The van der Waals surface area contributed by atoms with Gasteiger partial charge in [-0.3, -0.25) is 14.4 Å². The summed E-state index contributed by atoms with van der Waals surface area (Å²) in [5.74, 6) is -1.17. The topological polar surface area (TPSA) is 62.6 Å². The van der Waals surface area contributed by atoms with E-state index in [0.717, 1.165) is 11.9 Å². The molecule has 0 aliphatic heterocycles. The minimum absolute atomic E-state index is 0.0210. The molecule has 1 aromatic heterocycles. The lowest BCUT2D eigenvalue weighted by Gasteiger charge is -2.20. The van der Waals surface area contributed by atoms with Gasteiger partial charge in [-0.1, -0.05) is 37.3 Å². The number of fused-ring (bicyclic) bond motifs is 1. The van der Waals surface area contributed by atoms with Gasteiger partial charge in [0.25, 0.3) is 11.7 Å². The molecule has 1 heterocycles. The van der Waals surface area contributed by atoms with Gasteiger partial charge in [0.1, 0.15) is 6.54 Å². The van der Waals surface area contributed by atoms with Crippen molar-refractivity contribution in [2.75, 3.05) is 24.5 Å². The van der Waals surface area contributed by atoms with Gasteiger partial charge in [-0.15, -0.1) is 0 Å². The average Bonchev–Trinajstić information content (AvgIpc) is 3.18. The van der Waals surface area contributed by atoms with Gasteiger partial charge >= 0.3 is 0 Å². The van der Waals surface area contributed by atoms with Crippen LogP contribution in [0.4, 0.5) is 5.69 Å². The molecule has 6 nitrogen and oxygen atoms in total. The number of para-hydroxylation sites is 1. The fourth-order valence-electron chi connectivity index (χ4n) is 3.97. The number of carbonyl (C=O) groups excluding carboxylic acids is 3. The Hall–Kier alpha value is -3.41. The monoisotopic (exact) mass is 433 g/mol. The summed E-state index contributed by atoms with van der Waals surface area (Å²) < 4.78 is 1.77. The number of rotatable bonds is 9. The van der Waals surface area contributed by atoms with Gasteiger partial charge in [0.05, 0.1) is 5.56 Å². The first kappa shape index (κ1) is 23.3. The number of benzene rings is 2. The largest absolute Gasteiger partial charge is 0.342 e. The van der Waals surface area contributed by atoms with Crippen molar-refractivity contribution in [3.63, 3.8) is 0 Å². The molecular weight excluding hydrogens is 402 g/mol. The zero-order valence-electron chi connectivity index (χ0n) is 19.3. The Kier molecular flexibility index (Phi) is 7.46. The van der Waals surface area contributed by atoms with Crippen LogP contribution in [0.1, 0.15) is 43.6 Å². The van der Waals surface area contributed by atoms with E-state index in [1.807, 2.05) is 69.3 Å².